The van der Waals surface area contributed by atoms with Crippen molar-refractivity contribution in [2.75, 3.05) is 26.8 Å². The number of oxime groups is 1. The van der Waals surface area contributed by atoms with E-state index in [1.807, 2.05) is 13.8 Å². The van der Waals surface area contributed by atoms with Gasteiger partial charge in [-0.3, -0.25) is 4.79 Å². The monoisotopic (exact) mass is 285 g/mol. The van der Waals surface area contributed by atoms with Crippen LogP contribution < -0.4 is 5.73 Å². The van der Waals surface area contributed by atoms with Crippen LogP contribution in [0.2, 0.25) is 0 Å². The number of nitrogens with two attached hydrogens (primary N) is 1. The lowest BCUT2D eigenvalue weighted by Gasteiger charge is -2.35. The molecule has 3 N–H and O–H groups in total. The summed E-state index contributed by atoms with van der Waals surface area (Å²) < 4.78 is 5.33. The molecule has 1 aliphatic rings. The normalized spacial score (nSPS) is 18.1. The van der Waals surface area contributed by atoms with Crippen LogP contribution >= 0.6 is 0 Å². The maximum absolute atomic E-state index is 12.7. The molecule has 6 heteroatoms. The molecule has 1 heterocycles. The second kappa shape index (κ2) is 7.47. The van der Waals surface area contributed by atoms with Crippen molar-refractivity contribution in [2.24, 2.45) is 22.2 Å². The van der Waals surface area contributed by atoms with Gasteiger partial charge in [0.1, 0.15) is 5.41 Å². The minimum absolute atomic E-state index is 0.00586. The van der Waals surface area contributed by atoms with Crippen molar-refractivity contribution in [1.82, 2.24) is 4.90 Å². The first kappa shape index (κ1) is 16.8. The Labute approximate surface area is 120 Å². The first-order chi connectivity index (χ1) is 9.51. The lowest BCUT2D eigenvalue weighted by Crippen LogP contribution is -2.51. The summed E-state index contributed by atoms with van der Waals surface area (Å²) in [5.41, 5.74) is 4.88. The van der Waals surface area contributed by atoms with E-state index < -0.39 is 5.41 Å². The standard InChI is InChI=1S/C14H27N3O3/c1-4-14(5-2,12(15)16-19)13(18)17(3)10-11-6-8-20-9-7-11/h11,19H,4-10H2,1-3H3,(H2,15,16). The summed E-state index contributed by atoms with van der Waals surface area (Å²) in [6.45, 7) is 6.01. The molecule has 0 bridgehead atoms. The number of carbonyl (C=O) groups is 1. The minimum atomic E-state index is -0.894. The molecular formula is C14H27N3O3. The summed E-state index contributed by atoms with van der Waals surface area (Å²) in [5.74, 6) is 0.409. The number of ether oxygens (including phenoxy) is 1. The highest BCUT2D eigenvalue weighted by Gasteiger charge is 2.42. The summed E-state index contributed by atoms with van der Waals surface area (Å²) in [4.78, 5) is 14.4. The maximum Gasteiger partial charge on any atom is 0.236 e. The van der Waals surface area contributed by atoms with Gasteiger partial charge < -0.3 is 20.6 Å². The number of amides is 1. The number of carbonyl (C=O) groups excluding carboxylic acids is 1. The quantitative estimate of drug-likeness (QED) is 0.334. The average molecular weight is 285 g/mol. The van der Waals surface area contributed by atoms with Gasteiger partial charge in [-0.05, 0) is 31.6 Å². The molecule has 0 aliphatic carbocycles. The van der Waals surface area contributed by atoms with Crippen molar-refractivity contribution in [3.05, 3.63) is 0 Å². The van der Waals surface area contributed by atoms with E-state index in [9.17, 15) is 4.79 Å². The summed E-state index contributed by atoms with van der Waals surface area (Å²) in [5, 5.41) is 12.0. The van der Waals surface area contributed by atoms with Crippen LogP contribution in [0.25, 0.3) is 0 Å². The Morgan fingerprint density at radius 2 is 1.95 bits per heavy atom. The Morgan fingerprint density at radius 1 is 1.40 bits per heavy atom. The number of hydrogen-bond acceptors (Lipinski definition) is 4. The third kappa shape index (κ3) is 3.42. The largest absolute Gasteiger partial charge is 0.409 e. The van der Waals surface area contributed by atoms with Gasteiger partial charge in [0.05, 0.1) is 0 Å². The third-order valence-corrected chi connectivity index (χ3v) is 4.43. The van der Waals surface area contributed by atoms with E-state index in [4.69, 9.17) is 15.7 Å². The maximum atomic E-state index is 12.7. The fraction of sp³-hybridized carbons (Fsp3) is 0.857. The first-order valence-corrected chi connectivity index (χ1v) is 7.33. The van der Waals surface area contributed by atoms with Crippen molar-refractivity contribution in [3.63, 3.8) is 0 Å². The van der Waals surface area contributed by atoms with Crippen molar-refractivity contribution in [3.8, 4) is 0 Å². The number of amidine groups is 1. The minimum Gasteiger partial charge on any atom is -0.409 e. The lowest BCUT2D eigenvalue weighted by atomic mass is 9.79. The Bertz CT molecular complexity index is 348. The van der Waals surface area contributed by atoms with Gasteiger partial charge in [-0.1, -0.05) is 19.0 Å². The molecular weight excluding hydrogens is 258 g/mol. The fourth-order valence-corrected chi connectivity index (χ4v) is 2.88. The third-order valence-electron chi connectivity index (χ3n) is 4.43. The van der Waals surface area contributed by atoms with Crippen LogP contribution in [0.1, 0.15) is 39.5 Å². The molecule has 20 heavy (non-hydrogen) atoms. The van der Waals surface area contributed by atoms with Crippen molar-refractivity contribution in [1.29, 1.82) is 0 Å². The molecule has 0 spiro atoms. The van der Waals surface area contributed by atoms with Gasteiger partial charge in [0.2, 0.25) is 5.91 Å². The molecule has 6 nitrogen and oxygen atoms in total. The zero-order chi connectivity index (χ0) is 15.2. The molecule has 0 unspecified atom stereocenters. The Kier molecular flexibility index (Phi) is 6.26. The van der Waals surface area contributed by atoms with E-state index in [0.29, 0.717) is 25.3 Å². The van der Waals surface area contributed by atoms with Gasteiger partial charge in [-0.15, -0.1) is 0 Å². The molecule has 116 valence electrons. The molecule has 0 aromatic rings. The fourth-order valence-electron chi connectivity index (χ4n) is 2.88. The van der Waals surface area contributed by atoms with Crippen LogP contribution in [0.5, 0.6) is 0 Å². The van der Waals surface area contributed by atoms with Crippen LogP contribution in [0.4, 0.5) is 0 Å². The van der Waals surface area contributed by atoms with Crippen molar-refractivity contribution in [2.45, 2.75) is 39.5 Å². The molecule has 0 radical (unpaired) electrons. The zero-order valence-corrected chi connectivity index (χ0v) is 12.8. The molecule has 0 aromatic heterocycles. The summed E-state index contributed by atoms with van der Waals surface area (Å²) in [6.07, 6.45) is 3.01. The predicted molar refractivity (Wildman–Crippen MR) is 77.6 cm³/mol. The van der Waals surface area contributed by atoms with Crippen LogP contribution in [-0.4, -0.2) is 48.7 Å². The molecule has 1 aliphatic heterocycles. The molecule has 1 saturated heterocycles. The van der Waals surface area contributed by atoms with Crippen LogP contribution in [-0.2, 0) is 9.53 Å². The number of nitrogens with zero attached hydrogens (tertiary/aromatic N) is 2. The van der Waals surface area contributed by atoms with E-state index in [1.165, 1.54) is 0 Å². The molecule has 1 amide bonds. The summed E-state index contributed by atoms with van der Waals surface area (Å²) in [7, 11) is 1.79. The van der Waals surface area contributed by atoms with Crippen LogP contribution in [0, 0.1) is 11.3 Å². The number of hydrogen-bond donors (Lipinski definition) is 2. The van der Waals surface area contributed by atoms with Gasteiger partial charge in [-0.2, -0.15) is 0 Å². The molecule has 1 rings (SSSR count). The Morgan fingerprint density at radius 3 is 2.40 bits per heavy atom. The molecule has 0 aromatic carbocycles. The summed E-state index contributed by atoms with van der Waals surface area (Å²) in [6, 6.07) is 0. The zero-order valence-electron chi connectivity index (χ0n) is 12.8. The molecule has 0 atom stereocenters. The second-order valence-electron chi connectivity index (χ2n) is 5.52. The highest BCUT2D eigenvalue weighted by Crippen LogP contribution is 2.30. The highest BCUT2D eigenvalue weighted by molar-refractivity contribution is 6.06. The molecule has 0 saturated carbocycles. The Balaban J connectivity index is 2.78. The predicted octanol–water partition coefficient (Wildman–Crippen LogP) is 1.42. The van der Waals surface area contributed by atoms with Gasteiger partial charge in [0.25, 0.3) is 0 Å². The van der Waals surface area contributed by atoms with E-state index in [2.05, 4.69) is 5.16 Å². The van der Waals surface area contributed by atoms with Crippen LogP contribution in [0.15, 0.2) is 5.16 Å². The van der Waals surface area contributed by atoms with E-state index in [0.717, 1.165) is 26.1 Å². The van der Waals surface area contributed by atoms with Gasteiger partial charge >= 0.3 is 0 Å². The molecule has 1 fully saturated rings. The highest BCUT2D eigenvalue weighted by atomic mass is 16.5. The SMILES string of the molecule is CCC(CC)(C(=O)N(C)CC1CCOCC1)C(N)=NO. The van der Waals surface area contributed by atoms with Crippen LogP contribution in [0.3, 0.4) is 0 Å². The smallest absolute Gasteiger partial charge is 0.236 e. The number of rotatable bonds is 6. The van der Waals surface area contributed by atoms with E-state index in [1.54, 1.807) is 11.9 Å². The Hall–Kier alpha value is -1.30. The van der Waals surface area contributed by atoms with Gasteiger partial charge in [0.15, 0.2) is 5.84 Å². The summed E-state index contributed by atoms with van der Waals surface area (Å²) >= 11 is 0. The van der Waals surface area contributed by atoms with E-state index >= 15 is 0 Å². The topological polar surface area (TPSA) is 88.2 Å². The first-order valence-electron chi connectivity index (χ1n) is 7.33. The van der Waals surface area contributed by atoms with Gasteiger partial charge in [-0.25, -0.2) is 0 Å². The lowest BCUT2D eigenvalue weighted by molar-refractivity contribution is -0.138. The van der Waals surface area contributed by atoms with Crippen molar-refractivity contribution >= 4 is 11.7 Å². The average Bonchev–Trinajstić information content (AvgIpc) is 2.49. The second-order valence-corrected chi connectivity index (χ2v) is 5.52. The van der Waals surface area contributed by atoms with Crippen molar-refractivity contribution < 1.29 is 14.7 Å². The van der Waals surface area contributed by atoms with Gasteiger partial charge in [0, 0.05) is 26.8 Å². The van der Waals surface area contributed by atoms with E-state index in [-0.39, 0.29) is 11.7 Å².